The van der Waals surface area contributed by atoms with Gasteiger partial charge in [-0.15, -0.1) is 0 Å². The Balaban J connectivity index is 0.000000594. The van der Waals surface area contributed by atoms with E-state index < -0.39 is 0 Å². The molecule has 2 nitrogen and oxygen atoms in total. The highest BCUT2D eigenvalue weighted by molar-refractivity contribution is 5.27. The highest BCUT2D eigenvalue weighted by Gasteiger charge is 2.19. The Kier molecular flexibility index (Phi) is 11.5. The lowest BCUT2D eigenvalue weighted by Crippen LogP contribution is -2.11. The molecular weight excluding hydrogens is 280 g/mol. The van der Waals surface area contributed by atoms with E-state index >= 15 is 0 Å². The lowest BCUT2D eigenvalue weighted by Gasteiger charge is -2.26. The molecule has 1 aromatic rings. The number of nitrogens with two attached hydrogens (primary N) is 2. The minimum absolute atomic E-state index is 0.153. The molecule has 1 unspecified atom stereocenters. The molecule has 0 aliphatic heterocycles. The fraction of sp³-hybridized carbons (Fsp3) is 0.619. The van der Waals surface area contributed by atoms with Crippen molar-refractivity contribution in [2.75, 3.05) is 0 Å². The zero-order chi connectivity index (χ0) is 17.8. The molecule has 1 atom stereocenters. The van der Waals surface area contributed by atoms with Crippen LogP contribution in [0.3, 0.4) is 0 Å². The number of hydrogen-bond acceptors (Lipinski definition) is 2. The van der Waals surface area contributed by atoms with Gasteiger partial charge in [-0.3, -0.25) is 0 Å². The number of rotatable bonds is 2. The molecule has 0 heterocycles. The minimum Gasteiger partial charge on any atom is -0.403 e. The molecular formula is C21H38N2. The fourth-order valence-electron chi connectivity index (χ4n) is 2.67. The SMILES string of the molecule is C/C=C(/C)N.CC.CC1CCC(c2ccc(C(C)N)cc2)CC1. The highest BCUT2D eigenvalue weighted by Crippen LogP contribution is 2.35. The molecule has 4 N–H and O–H groups in total. The van der Waals surface area contributed by atoms with E-state index in [4.69, 9.17) is 11.5 Å². The van der Waals surface area contributed by atoms with Gasteiger partial charge in [0.15, 0.2) is 0 Å². The second kappa shape index (κ2) is 12.2. The van der Waals surface area contributed by atoms with E-state index in [1.807, 2.05) is 40.7 Å². The quantitative estimate of drug-likeness (QED) is 0.713. The van der Waals surface area contributed by atoms with Crippen LogP contribution in [0.25, 0.3) is 0 Å². The third-order valence-electron chi connectivity index (χ3n) is 4.40. The smallest absolute Gasteiger partial charge is 0.0266 e. The zero-order valence-electron chi connectivity index (χ0n) is 16.1. The molecule has 1 aromatic carbocycles. The largest absolute Gasteiger partial charge is 0.403 e. The van der Waals surface area contributed by atoms with Gasteiger partial charge < -0.3 is 11.5 Å². The molecule has 1 aliphatic rings. The Hall–Kier alpha value is -1.28. The molecule has 0 radical (unpaired) electrons. The molecule has 0 aromatic heterocycles. The molecule has 0 spiro atoms. The first-order chi connectivity index (χ1) is 10.9. The Labute approximate surface area is 144 Å². The van der Waals surface area contributed by atoms with E-state index in [2.05, 4.69) is 31.2 Å². The summed E-state index contributed by atoms with van der Waals surface area (Å²) in [5.74, 6) is 1.72. The molecule has 0 bridgehead atoms. The van der Waals surface area contributed by atoms with Crippen LogP contribution in [0.1, 0.15) is 90.3 Å². The molecule has 2 heteroatoms. The summed E-state index contributed by atoms with van der Waals surface area (Å²) in [6.07, 6.45) is 7.36. The maximum atomic E-state index is 5.86. The number of benzene rings is 1. The van der Waals surface area contributed by atoms with E-state index in [9.17, 15) is 0 Å². The maximum absolute atomic E-state index is 5.86. The van der Waals surface area contributed by atoms with Crippen LogP contribution in [0.4, 0.5) is 0 Å². The molecule has 1 aliphatic carbocycles. The molecule has 132 valence electrons. The summed E-state index contributed by atoms with van der Waals surface area (Å²) in [5, 5.41) is 0. The first-order valence-electron chi connectivity index (χ1n) is 9.17. The van der Waals surface area contributed by atoms with Crippen molar-refractivity contribution in [1.29, 1.82) is 0 Å². The average molecular weight is 319 g/mol. The maximum Gasteiger partial charge on any atom is 0.0266 e. The van der Waals surface area contributed by atoms with E-state index in [0.717, 1.165) is 17.5 Å². The Bertz CT molecular complexity index is 420. The predicted octanol–water partition coefficient (Wildman–Crippen LogP) is 5.90. The van der Waals surface area contributed by atoms with Crippen LogP contribution in [0, 0.1) is 5.92 Å². The summed E-state index contributed by atoms with van der Waals surface area (Å²) in [6, 6.07) is 9.09. The summed E-state index contributed by atoms with van der Waals surface area (Å²) < 4.78 is 0. The van der Waals surface area contributed by atoms with Gasteiger partial charge in [0, 0.05) is 11.7 Å². The van der Waals surface area contributed by atoms with Crippen molar-refractivity contribution in [3.05, 3.63) is 47.2 Å². The van der Waals surface area contributed by atoms with Crippen molar-refractivity contribution in [3.8, 4) is 0 Å². The Morgan fingerprint density at radius 2 is 1.52 bits per heavy atom. The standard InChI is InChI=1S/C15H23N.C4H9N.C2H6/c1-11-3-5-14(6-4-11)15-9-7-13(8-10-15)12(2)16;1-3-4(2)5;1-2/h7-12,14H,3-6,16H2,1-2H3;3H,5H2,1-2H3;1-2H3/b;4-3-;. The van der Waals surface area contributed by atoms with Gasteiger partial charge in [-0.2, -0.15) is 0 Å². The molecule has 1 saturated carbocycles. The second-order valence-electron chi connectivity index (χ2n) is 6.44. The predicted molar refractivity (Wildman–Crippen MR) is 104 cm³/mol. The summed E-state index contributed by atoms with van der Waals surface area (Å²) >= 11 is 0. The summed E-state index contributed by atoms with van der Waals surface area (Å²) in [5.41, 5.74) is 14.6. The van der Waals surface area contributed by atoms with E-state index in [-0.39, 0.29) is 6.04 Å². The monoisotopic (exact) mass is 318 g/mol. The molecule has 1 fully saturated rings. The lowest BCUT2D eigenvalue weighted by atomic mass is 9.79. The highest BCUT2D eigenvalue weighted by atomic mass is 14.6. The van der Waals surface area contributed by atoms with Crippen LogP contribution in [0.2, 0.25) is 0 Å². The van der Waals surface area contributed by atoms with Crippen molar-refractivity contribution < 1.29 is 0 Å². The van der Waals surface area contributed by atoms with Crippen LogP contribution >= 0.6 is 0 Å². The van der Waals surface area contributed by atoms with Gasteiger partial charge in [-0.05, 0) is 56.6 Å². The van der Waals surface area contributed by atoms with E-state index in [0.29, 0.717) is 0 Å². The van der Waals surface area contributed by atoms with Crippen LogP contribution in [-0.2, 0) is 0 Å². The average Bonchev–Trinajstić information content (AvgIpc) is 2.58. The van der Waals surface area contributed by atoms with Crippen molar-refractivity contribution in [3.63, 3.8) is 0 Å². The Morgan fingerprint density at radius 1 is 1.09 bits per heavy atom. The van der Waals surface area contributed by atoms with Crippen LogP contribution in [0.5, 0.6) is 0 Å². The van der Waals surface area contributed by atoms with Gasteiger partial charge in [0.25, 0.3) is 0 Å². The normalized spacial score (nSPS) is 22.1. The van der Waals surface area contributed by atoms with E-state index in [1.54, 1.807) is 0 Å². The number of hydrogen-bond donors (Lipinski definition) is 2. The van der Waals surface area contributed by atoms with Crippen LogP contribution in [-0.4, -0.2) is 0 Å². The summed E-state index contributed by atoms with van der Waals surface area (Å²) in [4.78, 5) is 0. The van der Waals surface area contributed by atoms with Crippen molar-refractivity contribution in [2.45, 2.75) is 79.2 Å². The second-order valence-corrected chi connectivity index (χ2v) is 6.44. The Morgan fingerprint density at radius 3 is 1.87 bits per heavy atom. The first kappa shape index (κ1) is 21.7. The molecule has 2 rings (SSSR count). The van der Waals surface area contributed by atoms with Gasteiger partial charge in [0.2, 0.25) is 0 Å². The minimum atomic E-state index is 0.153. The molecule has 0 saturated heterocycles. The molecule has 0 amide bonds. The number of allylic oxidation sites excluding steroid dienone is 2. The summed E-state index contributed by atoms with van der Waals surface area (Å²) in [7, 11) is 0. The van der Waals surface area contributed by atoms with Gasteiger partial charge in [-0.25, -0.2) is 0 Å². The zero-order valence-corrected chi connectivity index (χ0v) is 16.1. The third-order valence-corrected chi connectivity index (χ3v) is 4.40. The van der Waals surface area contributed by atoms with Gasteiger partial charge >= 0.3 is 0 Å². The summed E-state index contributed by atoms with van der Waals surface area (Å²) in [6.45, 7) is 12.2. The fourth-order valence-corrected chi connectivity index (χ4v) is 2.67. The molecule has 23 heavy (non-hydrogen) atoms. The first-order valence-corrected chi connectivity index (χ1v) is 9.17. The van der Waals surface area contributed by atoms with Crippen molar-refractivity contribution >= 4 is 0 Å². The van der Waals surface area contributed by atoms with Crippen molar-refractivity contribution in [2.24, 2.45) is 17.4 Å². The van der Waals surface area contributed by atoms with Crippen LogP contribution < -0.4 is 11.5 Å². The van der Waals surface area contributed by atoms with Crippen LogP contribution in [0.15, 0.2) is 36.0 Å². The van der Waals surface area contributed by atoms with Gasteiger partial charge in [-0.1, -0.05) is 64.0 Å². The topological polar surface area (TPSA) is 52.0 Å². The van der Waals surface area contributed by atoms with Gasteiger partial charge in [0.05, 0.1) is 0 Å². The van der Waals surface area contributed by atoms with Crippen molar-refractivity contribution in [1.82, 2.24) is 0 Å². The third kappa shape index (κ3) is 8.80. The lowest BCUT2D eigenvalue weighted by molar-refractivity contribution is 0.348. The van der Waals surface area contributed by atoms with E-state index in [1.165, 1.54) is 36.8 Å². The van der Waals surface area contributed by atoms with Gasteiger partial charge in [0.1, 0.15) is 0 Å².